The Kier molecular flexibility index (Phi) is 8.71. The van der Waals surface area contributed by atoms with E-state index in [-0.39, 0.29) is 22.2 Å². The van der Waals surface area contributed by atoms with E-state index < -0.39 is 0 Å². The van der Waals surface area contributed by atoms with Crippen LogP contribution in [0.15, 0.2) is 60.8 Å². The third-order valence-electron chi connectivity index (χ3n) is 5.02. The molecule has 0 aliphatic heterocycles. The Hall–Kier alpha value is -2.09. The summed E-state index contributed by atoms with van der Waals surface area (Å²) in [4.78, 5) is 2.41. The molecule has 0 heterocycles. The van der Waals surface area contributed by atoms with E-state index in [9.17, 15) is 0 Å². The van der Waals surface area contributed by atoms with Gasteiger partial charge in [0.1, 0.15) is 0 Å². The Morgan fingerprint density at radius 2 is 1.19 bits per heavy atom. The van der Waals surface area contributed by atoms with Gasteiger partial charge in [0.15, 0.2) is 17.3 Å². The van der Waals surface area contributed by atoms with E-state index in [1.807, 2.05) is 0 Å². The van der Waals surface area contributed by atoms with Gasteiger partial charge < -0.3 is 4.90 Å². The molecule has 0 unspecified atom stereocenters. The van der Waals surface area contributed by atoms with E-state index in [1.54, 1.807) is 0 Å². The average Bonchev–Trinajstić information content (AvgIpc) is 2.56. The van der Waals surface area contributed by atoms with Crippen molar-refractivity contribution in [2.24, 2.45) is 0 Å². The van der Waals surface area contributed by atoms with E-state index in [2.05, 4.69) is 160 Å². The second kappa shape index (κ2) is 10.0. The summed E-state index contributed by atoms with van der Waals surface area (Å²) in [5.74, 6) is 0. The molecule has 0 spiro atoms. The van der Waals surface area contributed by atoms with E-state index in [0.717, 1.165) is 0 Å². The van der Waals surface area contributed by atoms with Crippen molar-refractivity contribution in [2.75, 3.05) is 0 Å². The van der Waals surface area contributed by atoms with Gasteiger partial charge in [-0.15, -0.1) is 0 Å². The van der Waals surface area contributed by atoms with Gasteiger partial charge in [0, 0.05) is 23.4 Å². The summed E-state index contributed by atoms with van der Waals surface area (Å²) in [7, 11) is 0. The Labute approximate surface area is 193 Å². The van der Waals surface area contributed by atoms with Gasteiger partial charge in [-0.2, -0.15) is 0 Å². The molecule has 2 nitrogen and oxygen atoms in total. The average molecular weight is 424 g/mol. The summed E-state index contributed by atoms with van der Waals surface area (Å²) < 4.78 is 2.41. The van der Waals surface area contributed by atoms with Gasteiger partial charge in [-0.3, -0.25) is 0 Å². The molecule has 0 aliphatic rings. The number of hydrogen-bond donors (Lipinski definition) is 0. The van der Waals surface area contributed by atoms with Crippen molar-refractivity contribution < 1.29 is 4.58 Å². The van der Waals surface area contributed by atoms with Crippen LogP contribution in [0.3, 0.4) is 0 Å². The van der Waals surface area contributed by atoms with Crippen molar-refractivity contribution in [1.29, 1.82) is 0 Å². The lowest BCUT2D eigenvalue weighted by Crippen LogP contribution is -2.48. The minimum Gasteiger partial charge on any atom is -0.368 e. The third-order valence-corrected chi connectivity index (χ3v) is 5.02. The topological polar surface area (TPSA) is 6.25 Å². The minimum atomic E-state index is 0.0546. The van der Waals surface area contributed by atoms with Crippen LogP contribution in [0, 0.1) is 0 Å². The molecule has 1 aromatic carbocycles. The molecule has 0 radical (unpaired) electrons. The highest BCUT2D eigenvalue weighted by molar-refractivity contribution is 5.80. The molecule has 0 aromatic heterocycles. The highest BCUT2D eigenvalue weighted by atomic mass is 15.2. The molecule has 0 aliphatic carbocycles. The molecule has 2 heteroatoms. The number of benzene rings is 1. The summed E-state index contributed by atoms with van der Waals surface area (Å²) in [6.45, 7) is 27.1. The van der Waals surface area contributed by atoms with Crippen molar-refractivity contribution in [1.82, 2.24) is 4.90 Å². The van der Waals surface area contributed by atoms with Gasteiger partial charge in [-0.25, -0.2) is 4.58 Å². The molecule has 0 N–H and O–H groups in total. The van der Waals surface area contributed by atoms with Gasteiger partial charge in [0.05, 0.1) is 0 Å². The zero-order valence-corrected chi connectivity index (χ0v) is 22.2. The number of rotatable bonds is 5. The van der Waals surface area contributed by atoms with E-state index in [4.69, 9.17) is 0 Å². The Bertz CT molecular complexity index is 779. The number of nitrogens with zero attached hydrogens (tertiary/aromatic N) is 2. The van der Waals surface area contributed by atoms with Crippen LogP contribution in [0.4, 0.5) is 0 Å². The summed E-state index contributed by atoms with van der Waals surface area (Å²) in [6.07, 6.45) is 13.2. The van der Waals surface area contributed by atoms with E-state index in [1.165, 1.54) is 11.1 Å². The van der Waals surface area contributed by atoms with Gasteiger partial charge in [-0.05, 0) is 106 Å². The second-order valence-electron chi connectivity index (χ2n) is 12.3. The molecule has 172 valence electrons. The molecular weight excluding hydrogens is 376 g/mol. The smallest absolute Gasteiger partial charge is 0.164 e. The third kappa shape index (κ3) is 8.89. The summed E-state index contributed by atoms with van der Waals surface area (Å²) >= 11 is 0. The van der Waals surface area contributed by atoms with Crippen LogP contribution in [0.1, 0.15) is 88.6 Å². The fourth-order valence-corrected chi connectivity index (χ4v) is 4.25. The van der Waals surface area contributed by atoms with Crippen LogP contribution >= 0.6 is 0 Å². The molecule has 31 heavy (non-hydrogen) atoms. The van der Waals surface area contributed by atoms with Crippen LogP contribution in [0.5, 0.6) is 0 Å². The second-order valence-corrected chi connectivity index (χ2v) is 12.3. The first-order valence-electron chi connectivity index (χ1n) is 11.5. The Morgan fingerprint density at radius 3 is 1.61 bits per heavy atom. The summed E-state index contributed by atoms with van der Waals surface area (Å²) in [5, 5.41) is 0. The first-order valence-corrected chi connectivity index (χ1v) is 11.5. The van der Waals surface area contributed by atoms with Gasteiger partial charge >= 0.3 is 0 Å². The fraction of sp³-hybridized carbons (Fsp3) is 0.552. The quantitative estimate of drug-likeness (QED) is 0.267. The normalized spacial score (nSPS) is 14.4. The molecule has 0 fully saturated rings. The highest BCUT2D eigenvalue weighted by Crippen LogP contribution is 2.25. The first kappa shape index (κ1) is 26.9. The lowest BCUT2D eigenvalue weighted by molar-refractivity contribution is -0.652. The zero-order valence-electron chi connectivity index (χ0n) is 22.2. The standard InChI is InChI=1S/C29H47N2/c1-26(2,3)30(27(4,5)6)22-16-20-25(24-18-14-13-15-19-24)21-17-23-31(28(7,8)9)29(10,11)12/h13-23H,1-12H3/q+1. The molecule has 0 saturated carbocycles. The molecule has 0 atom stereocenters. The monoisotopic (exact) mass is 423 g/mol. The Morgan fingerprint density at radius 1 is 0.710 bits per heavy atom. The van der Waals surface area contributed by atoms with Crippen molar-refractivity contribution in [3.63, 3.8) is 0 Å². The van der Waals surface area contributed by atoms with Gasteiger partial charge in [0.2, 0.25) is 0 Å². The molecule has 0 bridgehead atoms. The number of hydrogen-bond acceptors (Lipinski definition) is 1. The fourth-order valence-electron chi connectivity index (χ4n) is 4.25. The predicted molar refractivity (Wildman–Crippen MR) is 140 cm³/mol. The van der Waals surface area contributed by atoms with Crippen molar-refractivity contribution in [3.8, 4) is 0 Å². The molecular formula is C29H47N2+. The summed E-state index contributed by atoms with van der Waals surface area (Å²) in [5.41, 5.74) is 2.63. The zero-order chi connectivity index (χ0) is 24.1. The lowest BCUT2D eigenvalue weighted by Gasteiger charge is -2.45. The molecule has 0 amide bonds. The highest BCUT2D eigenvalue weighted by Gasteiger charge is 2.34. The van der Waals surface area contributed by atoms with E-state index in [0.29, 0.717) is 0 Å². The van der Waals surface area contributed by atoms with Crippen LogP contribution < -0.4 is 0 Å². The van der Waals surface area contributed by atoms with Crippen LogP contribution in [0.2, 0.25) is 0 Å². The predicted octanol–water partition coefficient (Wildman–Crippen LogP) is 7.72. The van der Waals surface area contributed by atoms with Crippen molar-refractivity contribution in [3.05, 3.63) is 66.4 Å². The maximum atomic E-state index is 2.41. The number of allylic oxidation sites excluding steroid dienone is 5. The maximum Gasteiger partial charge on any atom is 0.164 e. The largest absolute Gasteiger partial charge is 0.368 e. The summed E-state index contributed by atoms with van der Waals surface area (Å²) in [6, 6.07) is 10.6. The molecule has 1 rings (SSSR count). The van der Waals surface area contributed by atoms with Crippen LogP contribution in [-0.4, -0.2) is 37.8 Å². The van der Waals surface area contributed by atoms with Crippen molar-refractivity contribution in [2.45, 2.75) is 105 Å². The minimum absolute atomic E-state index is 0.0546. The first-order chi connectivity index (χ1) is 13.9. The lowest BCUT2D eigenvalue weighted by atomic mass is 9.97. The SMILES string of the molecule is CC(C)(C)N(/C=C/C=C(/C=C/C=[N+](C(C)(C)C)C(C)(C)C)c1ccccc1)C(C)(C)C. The molecule has 0 saturated heterocycles. The molecule has 1 aromatic rings. The van der Waals surface area contributed by atoms with Crippen LogP contribution in [0.25, 0.3) is 5.57 Å². The van der Waals surface area contributed by atoms with Gasteiger partial charge in [0.25, 0.3) is 0 Å². The van der Waals surface area contributed by atoms with E-state index >= 15 is 0 Å². The van der Waals surface area contributed by atoms with Crippen LogP contribution in [-0.2, 0) is 0 Å². The Balaban J connectivity index is 3.38. The van der Waals surface area contributed by atoms with Crippen molar-refractivity contribution >= 4 is 11.8 Å². The van der Waals surface area contributed by atoms with Gasteiger partial charge in [-0.1, -0.05) is 36.4 Å². The maximum absolute atomic E-state index is 2.41.